The fourth-order valence-electron chi connectivity index (χ4n) is 6.29. The molecule has 0 amide bonds. The van der Waals surface area contributed by atoms with E-state index in [2.05, 4.69) is 27.9 Å². The lowest BCUT2D eigenvalue weighted by Crippen LogP contribution is -2.41. The number of quaternary nitrogens is 1. The van der Waals surface area contributed by atoms with Crippen molar-refractivity contribution < 1.29 is 23.7 Å². The molecule has 0 saturated carbocycles. The van der Waals surface area contributed by atoms with Gasteiger partial charge < -0.3 is 23.7 Å². The highest BCUT2D eigenvalue weighted by Gasteiger charge is 2.13. The van der Waals surface area contributed by atoms with Crippen molar-refractivity contribution in [2.45, 2.75) is 219 Å². The van der Waals surface area contributed by atoms with Crippen molar-refractivity contribution in [3.05, 3.63) is 0 Å². The molecule has 0 bridgehead atoms. The molecule has 44 heavy (non-hydrogen) atoms. The standard InChI is InChI=1S/C38H80N.H3O4P/c1-5-7-9-11-13-15-17-19-21-23-25-27-29-31-33-35-37-39(3,4)38-36-34-32-30-28-26-24-22-20-18-16-14-12-10-8-6-2;1-5(2,3)4/h5-38H2,1-4H3;(H3,1,2,3,4)/q+1;/p-3. The van der Waals surface area contributed by atoms with Crippen LogP contribution in [0.2, 0.25) is 0 Å². The Labute approximate surface area is 277 Å². The van der Waals surface area contributed by atoms with Crippen LogP contribution in [0.4, 0.5) is 0 Å². The third kappa shape index (κ3) is 49.0. The Hall–Kier alpha value is 0.0700. The Morgan fingerprint density at radius 2 is 0.477 bits per heavy atom. The van der Waals surface area contributed by atoms with Gasteiger partial charge in [-0.3, -0.25) is 0 Å². The Morgan fingerprint density at radius 3 is 0.636 bits per heavy atom. The highest BCUT2D eigenvalue weighted by Crippen LogP contribution is 2.16. The Kier molecular flexibility index (Phi) is 37.7. The zero-order valence-electron chi connectivity index (χ0n) is 30.6. The second-order valence-electron chi connectivity index (χ2n) is 14.4. The van der Waals surface area contributed by atoms with E-state index in [9.17, 15) is 0 Å². The van der Waals surface area contributed by atoms with Crippen LogP contribution in [0.25, 0.3) is 0 Å². The molecule has 5 nitrogen and oxygen atoms in total. The van der Waals surface area contributed by atoms with Crippen LogP contribution in [0.3, 0.4) is 0 Å². The van der Waals surface area contributed by atoms with E-state index in [1.54, 1.807) is 0 Å². The molecular weight excluding hydrogens is 565 g/mol. The predicted molar refractivity (Wildman–Crippen MR) is 189 cm³/mol. The summed E-state index contributed by atoms with van der Waals surface area (Å²) in [6, 6.07) is 0. The molecule has 0 spiro atoms. The van der Waals surface area contributed by atoms with Crippen LogP contribution in [0.1, 0.15) is 219 Å². The summed E-state index contributed by atoms with van der Waals surface area (Å²) in [6.07, 6.45) is 46.9. The molecule has 0 aromatic heterocycles. The van der Waals surface area contributed by atoms with Crippen molar-refractivity contribution in [3.63, 3.8) is 0 Å². The smallest absolute Gasteiger partial charge is 0.0782 e. The van der Waals surface area contributed by atoms with Crippen molar-refractivity contribution in [1.29, 1.82) is 0 Å². The molecule has 0 aliphatic carbocycles. The molecule has 0 unspecified atom stereocenters. The predicted octanol–water partition coefficient (Wildman–Crippen LogP) is 10.8. The number of phosphoric acid groups is 1. The third-order valence-corrected chi connectivity index (χ3v) is 9.23. The molecule has 0 heterocycles. The molecule has 6 heteroatoms. The first kappa shape index (κ1) is 46.2. The highest BCUT2D eigenvalue weighted by atomic mass is 31.2. The molecule has 0 aromatic rings. The monoisotopic (exact) mass is 646 g/mol. The van der Waals surface area contributed by atoms with Crippen molar-refractivity contribution in [3.8, 4) is 0 Å². The van der Waals surface area contributed by atoms with Gasteiger partial charge in [-0.2, -0.15) is 7.82 Å². The summed E-state index contributed by atoms with van der Waals surface area (Å²) < 4.78 is 9.80. The highest BCUT2D eigenvalue weighted by molar-refractivity contribution is 7.40. The van der Waals surface area contributed by atoms with Gasteiger partial charge in [-0.25, -0.2) is 0 Å². The third-order valence-electron chi connectivity index (χ3n) is 9.23. The summed E-state index contributed by atoms with van der Waals surface area (Å²) in [5, 5.41) is 0. The molecule has 0 aromatic carbocycles. The summed E-state index contributed by atoms with van der Waals surface area (Å²) in [4.78, 5) is 25.6. The minimum atomic E-state index is -5.39. The molecule has 0 saturated heterocycles. The van der Waals surface area contributed by atoms with E-state index in [0.29, 0.717) is 0 Å². The first-order valence-corrected chi connectivity index (χ1v) is 21.1. The minimum absolute atomic E-state index is 1.25. The zero-order chi connectivity index (χ0) is 33.0. The van der Waals surface area contributed by atoms with E-state index >= 15 is 0 Å². The summed E-state index contributed by atoms with van der Waals surface area (Å²) >= 11 is 0. The van der Waals surface area contributed by atoms with Gasteiger partial charge in [0.05, 0.1) is 27.2 Å². The van der Waals surface area contributed by atoms with E-state index < -0.39 is 7.82 Å². The maximum Gasteiger partial charge on any atom is 0.0782 e. The van der Waals surface area contributed by atoms with Gasteiger partial charge in [0.2, 0.25) is 0 Å². The molecule has 0 atom stereocenters. The largest absolute Gasteiger partial charge is 0.822 e. The number of nitrogens with zero attached hydrogens (tertiary/aromatic N) is 1. The fourth-order valence-corrected chi connectivity index (χ4v) is 6.29. The number of hydrogen-bond acceptors (Lipinski definition) is 4. The van der Waals surface area contributed by atoms with Crippen LogP contribution in [0, 0.1) is 0 Å². The Morgan fingerprint density at radius 1 is 0.341 bits per heavy atom. The lowest BCUT2D eigenvalue weighted by Gasteiger charge is -2.36. The lowest BCUT2D eigenvalue weighted by atomic mass is 10.0. The van der Waals surface area contributed by atoms with Gasteiger partial charge in [0.25, 0.3) is 0 Å². The number of rotatable bonds is 34. The minimum Gasteiger partial charge on any atom is -0.822 e. The number of hydrogen-bond donors (Lipinski definition) is 0. The van der Waals surface area contributed by atoms with Crippen molar-refractivity contribution in [2.24, 2.45) is 0 Å². The zero-order valence-corrected chi connectivity index (χ0v) is 31.5. The molecule has 0 aliphatic heterocycles. The van der Waals surface area contributed by atoms with Crippen LogP contribution >= 0.6 is 7.82 Å². The Balaban J connectivity index is 0. The normalized spacial score (nSPS) is 12.0. The van der Waals surface area contributed by atoms with Crippen molar-refractivity contribution in [2.75, 3.05) is 27.2 Å². The first-order valence-electron chi connectivity index (χ1n) is 19.7. The van der Waals surface area contributed by atoms with Gasteiger partial charge in [0.15, 0.2) is 0 Å². The van der Waals surface area contributed by atoms with Crippen LogP contribution in [0.5, 0.6) is 0 Å². The molecule has 0 N–H and O–H groups in total. The van der Waals surface area contributed by atoms with Crippen LogP contribution in [0.15, 0.2) is 0 Å². The molecule has 268 valence electrons. The van der Waals surface area contributed by atoms with E-state index in [1.165, 1.54) is 223 Å². The summed E-state index contributed by atoms with van der Waals surface area (Å²) in [5.41, 5.74) is 0. The van der Waals surface area contributed by atoms with Gasteiger partial charge in [-0.15, -0.1) is 0 Å². The summed E-state index contributed by atoms with van der Waals surface area (Å²) in [7, 11) is -0.452. The lowest BCUT2D eigenvalue weighted by molar-refractivity contribution is -0.890. The molecular formula is C38H80NO4P-2. The van der Waals surface area contributed by atoms with Crippen molar-refractivity contribution in [1.82, 2.24) is 0 Å². The van der Waals surface area contributed by atoms with Gasteiger partial charge in [-0.05, 0) is 25.7 Å². The van der Waals surface area contributed by atoms with E-state index in [1.807, 2.05) is 0 Å². The van der Waals surface area contributed by atoms with Gasteiger partial charge >= 0.3 is 0 Å². The topological polar surface area (TPSA) is 86.2 Å². The number of unbranched alkanes of at least 4 members (excludes halogenated alkanes) is 30. The fraction of sp³-hybridized carbons (Fsp3) is 1.00. The second kappa shape index (κ2) is 35.9. The van der Waals surface area contributed by atoms with Gasteiger partial charge in [0.1, 0.15) is 0 Å². The van der Waals surface area contributed by atoms with E-state index in [4.69, 9.17) is 19.2 Å². The van der Waals surface area contributed by atoms with Gasteiger partial charge in [0, 0.05) is 0 Å². The second-order valence-corrected chi connectivity index (χ2v) is 15.3. The van der Waals surface area contributed by atoms with E-state index in [-0.39, 0.29) is 0 Å². The quantitative estimate of drug-likeness (QED) is 0.0396. The van der Waals surface area contributed by atoms with Crippen LogP contribution in [-0.4, -0.2) is 31.7 Å². The maximum absolute atomic E-state index is 8.55. The summed E-state index contributed by atoms with van der Waals surface area (Å²) in [6.45, 7) is 7.39. The van der Waals surface area contributed by atoms with Crippen molar-refractivity contribution >= 4 is 7.82 Å². The molecule has 0 aliphatic rings. The average molecular weight is 646 g/mol. The SMILES string of the molecule is CCCCCCCCCCCCCCCCCC[N+](C)(C)CCCCCCCCCCCCCCCCCC.O=P([O-])([O-])[O-]. The van der Waals surface area contributed by atoms with Crippen LogP contribution < -0.4 is 14.7 Å². The van der Waals surface area contributed by atoms with Gasteiger partial charge in [-0.1, -0.05) is 194 Å². The molecule has 0 fully saturated rings. The Bertz CT molecular complexity index is 535. The van der Waals surface area contributed by atoms with Crippen LogP contribution in [-0.2, 0) is 4.57 Å². The average Bonchev–Trinajstić information content (AvgIpc) is 2.96. The van der Waals surface area contributed by atoms with E-state index in [0.717, 1.165) is 0 Å². The molecule has 0 rings (SSSR count). The molecule has 0 radical (unpaired) electrons. The first-order chi connectivity index (χ1) is 21.1. The summed E-state index contributed by atoms with van der Waals surface area (Å²) in [5.74, 6) is 0. The maximum atomic E-state index is 8.55.